The van der Waals surface area contributed by atoms with Crippen molar-refractivity contribution in [2.45, 2.75) is 41.3 Å². The first-order valence-electron chi connectivity index (χ1n) is 5.79. The third kappa shape index (κ3) is 2.77. The first-order chi connectivity index (χ1) is 8.44. The molecule has 0 radical (unpaired) electrons. The van der Waals surface area contributed by atoms with Crippen LogP contribution in [0.5, 0.6) is 0 Å². The van der Waals surface area contributed by atoms with Crippen LogP contribution >= 0.6 is 38.9 Å². The Labute approximate surface area is 125 Å². The lowest BCUT2D eigenvalue weighted by Gasteiger charge is -2.33. The molecule has 0 aliphatic heterocycles. The van der Waals surface area contributed by atoms with Crippen LogP contribution in [0.2, 0.25) is 0 Å². The average molecular weight is 373 g/mol. The van der Waals surface area contributed by atoms with Crippen molar-refractivity contribution >= 4 is 48.9 Å². The molecule has 0 aromatic carbocycles. The summed E-state index contributed by atoms with van der Waals surface area (Å²) in [6.07, 6.45) is 3.85. The Morgan fingerprint density at radius 3 is 2.67 bits per heavy atom. The minimum atomic E-state index is -3.44. The van der Waals surface area contributed by atoms with Crippen LogP contribution in [0.15, 0.2) is 20.1 Å². The molecule has 1 aliphatic rings. The Morgan fingerprint density at radius 2 is 2.11 bits per heavy atom. The van der Waals surface area contributed by atoms with E-state index < -0.39 is 10.0 Å². The molecule has 0 bridgehead atoms. The van der Waals surface area contributed by atoms with Gasteiger partial charge in [0, 0.05) is 17.6 Å². The first-order valence-corrected chi connectivity index (χ1v) is 9.34. The third-order valence-corrected chi connectivity index (χ3v) is 8.35. The number of hydrogen-bond donors (Lipinski definition) is 0. The van der Waals surface area contributed by atoms with E-state index in [1.54, 1.807) is 18.5 Å². The molecule has 0 spiro atoms. The molecule has 0 amide bonds. The van der Waals surface area contributed by atoms with Gasteiger partial charge >= 0.3 is 0 Å². The highest BCUT2D eigenvalue weighted by Gasteiger charge is 2.35. The minimum absolute atomic E-state index is 0.0859. The predicted octanol–water partition coefficient (Wildman–Crippen LogP) is 3.68. The Morgan fingerprint density at radius 1 is 1.44 bits per heavy atom. The SMILES string of the molecule is CN(C1CCCCC1Cl)S(=O)(=O)c1sccc1Br. The normalized spacial score (nSPS) is 25.6. The molecule has 1 heterocycles. The number of thiophene rings is 1. The fourth-order valence-electron chi connectivity index (χ4n) is 2.25. The van der Waals surface area contributed by atoms with Crippen LogP contribution in [0.1, 0.15) is 25.7 Å². The zero-order valence-corrected chi connectivity index (χ0v) is 13.9. The van der Waals surface area contributed by atoms with Crippen LogP contribution < -0.4 is 0 Å². The van der Waals surface area contributed by atoms with E-state index in [9.17, 15) is 8.42 Å². The summed E-state index contributed by atoms with van der Waals surface area (Å²) >= 11 is 10.8. The molecule has 2 rings (SSSR count). The average Bonchev–Trinajstić information content (AvgIpc) is 2.76. The topological polar surface area (TPSA) is 37.4 Å². The molecule has 0 saturated heterocycles. The fourth-order valence-corrected chi connectivity index (χ4v) is 6.66. The van der Waals surface area contributed by atoms with E-state index in [0.717, 1.165) is 25.7 Å². The van der Waals surface area contributed by atoms with Gasteiger partial charge < -0.3 is 0 Å². The van der Waals surface area contributed by atoms with Gasteiger partial charge in [-0.15, -0.1) is 22.9 Å². The second-order valence-electron chi connectivity index (χ2n) is 4.45. The van der Waals surface area contributed by atoms with Gasteiger partial charge in [-0.05, 0) is 40.2 Å². The Balaban J connectivity index is 2.27. The van der Waals surface area contributed by atoms with Gasteiger partial charge in [0.25, 0.3) is 10.0 Å². The lowest BCUT2D eigenvalue weighted by Crippen LogP contribution is -2.44. The van der Waals surface area contributed by atoms with E-state index in [2.05, 4.69) is 15.9 Å². The van der Waals surface area contributed by atoms with E-state index in [1.165, 1.54) is 15.6 Å². The molecule has 1 saturated carbocycles. The maximum Gasteiger partial charge on any atom is 0.253 e. The quantitative estimate of drug-likeness (QED) is 0.759. The highest BCUT2D eigenvalue weighted by Crippen LogP contribution is 2.34. The molecule has 18 heavy (non-hydrogen) atoms. The maximum absolute atomic E-state index is 12.5. The molecule has 0 N–H and O–H groups in total. The van der Waals surface area contributed by atoms with Gasteiger partial charge in [-0.25, -0.2) is 8.42 Å². The zero-order chi connectivity index (χ0) is 13.3. The molecule has 1 aliphatic carbocycles. The Bertz CT molecular complexity index is 517. The van der Waals surface area contributed by atoms with Gasteiger partial charge in [0.1, 0.15) is 4.21 Å². The number of rotatable bonds is 3. The Hall–Kier alpha value is 0.380. The van der Waals surface area contributed by atoms with Gasteiger partial charge in [0.15, 0.2) is 0 Å². The lowest BCUT2D eigenvalue weighted by atomic mass is 9.95. The fraction of sp³-hybridized carbons (Fsp3) is 0.636. The van der Waals surface area contributed by atoms with E-state index in [-0.39, 0.29) is 11.4 Å². The van der Waals surface area contributed by atoms with Crippen molar-refractivity contribution in [1.29, 1.82) is 0 Å². The smallest absolute Gasteiger partial charge is 0.206 e. The molecule has 1 aromatic rings. The van der Waals surface area contributed by atoms with Crippen LogP contribution in [0, 0.1) is 0 Å². The highest BCUT2D eigenvalue weighted by molar-refractivity contribution is 9.10. The lowest BCUT2D eigenvalue weighted by molar-refractivity contribution is 0.291. The molecule has 2 unspecified atom stereocenters. The van der Waals surface area contributed by atoms with Crippen molar-refractivity contribution < 1.29 is 8.42 Å². The zero-order valence-electron chi connectivity index (χ0n) is 9.97. The van der Waals surface area contributed by atoms with Crippen molar-refractivity contribution in [2.75, 3.05) is 7.05 Å². The Kier molecular flexibility index (Phi) is 4.75. The van der Waals surface area contributed by atoms with E-state index >= 15 is 0 Å². The summed E-state index contributed by atoms with van der Waals surface area (Å²) < 4.78 is 27.4. The number of nitrogens with zero attached hydrogens (tertiary/aromatic N) is 1. The predicted molar refractivity (Wildman–Crippen MR) is 78.9 cm³/mol. The summed E-state index contributed by atoms with van der Waals surface area (Å²) in [5.74, 6) is 0. The molecule has 2 atom stereocenters. The van der Waals surface area contributed by atoms with Gasteiger partial charge in [0.2, 0.25) is 0 Å². The molecule has 1 fully saturated rings. The molecule has 3 nitrogen and oxygen atoms in total. The summed E-state index contributed by atoms with van der Waals surface area (Å²) in [5, 5.41) is 1.68. The van der Waals surface area contributed by atoms with Crippen LogP contribution in [0.3, 0.4) is 0 Å². The summed E-state index contributed by atoms with van der Waals surface area (Å²) in [6, 6.07) is 1.66. The first kappa shape index (κ1) is 14.8. The van der Waals surface area contributed by atoms with E-state index in [1.807, 2.05) is 0 Å². The van der Waals surface area contributed by atoms with Crippen molar-refractivity contribution in [3.8, 4) is 0 Å². The van der Waals surface area contributed by atoms with E-state index in [0.29, 0.717) is 8.68 Å². The molecular formula is C11H15BrClNO2S2. The van der Waals surface area contributed by atoms with Crippen molar-refractivity contribution in [1.82, 2.24) is 4.31 Å². The van der Waals surface area contributed by atoms with Crippen LogP contribution in [0.25, 0.3) is 0 Å². The van der Waals surface area contributed by atoms with Crippen LogP contribution in [-0.4, -0.2) is 31.2 Å². The molecule has 7 heteroatoms. The number of sulfonamides is 1. The number of halogens is 2. The summed E-state index contributed by atoms with van der Waals surface area (Å²) in [6.45, 7) is 0. The van der Waals surface area contributed by atoms with Gasteiger partial charge in [-0.1, -0.05) is 12.8 Å². The summed E-state index contributed by atoms with van der Waals surface area (Å²) in [4.78, 5) is 0. The van der Waals surface area contributed by atoms with Gasteiger partial charge in [0.05, 0.1) is 5.38 Å². The molecule has 102 valence electrons. The second kappa shape index (κ2) is 5.79. The number of alkyl halides is 1. The number of hydrogen-bond acceptors (Lipinski definition) is 3. The van der Waals surface area contributed by atoms with Gasteiger partial charge in [-0.2, -0.15) is 4.31 Å². The van der Waals surface area contributed by atoms with Crippen molar-refractivity contribution in [2.24, 2.45) is 0 Å². The van der Waals surface area contributed by atoms with Crippen molar-refractivity contribution in [3.63, 3.8) is 0 Å². The minimum Gasteiger partial charge on any atom is -0.206 e. The third-order valence-electron chi connectivity index (χ3n) is 3.31. The largest absolute Gasteiger partial charge is 0.253 e. The standard InChI is InChI=1S/C11H15BrClNO2S2/c1-14(10-5-3-2-4-9(10)13)18(15,16)11-8(12)6-7-17-11/h6-7,9-10H,2-5H2,1H3. The highest BCUT2D eigenvalue weighted by atomic mass is 79.9. The van der Waals surface area contributed by atoms with Crippen molar-refractivity contribution in [3.05, 3.63) is 15.9 Å². The summed E-state index contributed by atoms with van der Waals surface area (Å²) in [5.41, 5.74) is 0. The van der Waals surface area contributed by atoms with Crippen LogP contribution in [-0.2, 0) is 10.0 Å². The van der Waals surface area contributed by atoms with Crippen LogP contribution in [0.4, 0.5) is 0 Å². The second-order valence-corrected chi connectivity index (χ2v) is 8.97. The maximum atomic E-state index is 12.5. The van der Waals surface area contributed by atoms with Gasteiger partial charge in [-0.3, -0.25) is 0 Å². The molecule has 1 aromatic heterocycles. The summed E-state index contributed by atoms with van der Waals surface area (Å²) in [7, 11) is -1.81. The molecular weight excluding hydrogens is 358 g/mol. The monoisotopic (exact) mass is 371 g/mol. The van der Waals surface area contributed by atoms with E-state index in [4.69, 9.17) is 11.6 Å².